The van der Waals surface area contributed by atoms with E-state index >= 15 is 0 Å². The van der Waals surface area contributed by atoms with E-state index in [1.807, 2.05) is 7.05 Å². The number of likely N-dealkylation sites (tertiary alicyclic amines) is 1. The summed E-state index contributed by atoms with van der Waals surface area (Å²) >= 11 is 0. The maximum Gasteiger partial charge on any atom is 0.193 e. The third-order valence-corrected chi connectivity index (χ3v) is 5.04. The van der Waals surface area contributed by atoms with Gasteiger partial charge in [0, 0.05) is 56.3 Å². The lowest BCUT2D eigenvalue weighted by atomic mass is 10.1. The Kier molecular flexibility index (Phi) is 8.21. The van der Waals surface area contributed by atoms with Crippen molar-refractivity contribution in [3.63, 3.8) is 0 Å². The minimum absolute atomic E-state index is 0. The molecule has 2 heterocycles. The second-order valence-corrected chi connectivity index (χ2v) is 6.80. The first-order chi connectivity index (χ1) is 12.2. The van der Waals surface area contributed by atoms with Gasteiger partial charge in [0.15, 0.2) is 5.96 Å². The molecule has 1 unspecified atom stereocenters. The number of halogens is 1. The number of nitrogens with zero attached hydrogens (tertiary/aromatic N) is 2. The topological polar surface area (TPSA) is 52.6 Å². The number of nitrogens with one attached hydrogen (secondary N) is 2. The predicted molar refractivity (Wildman–Crippen MR) is 120 cm³/mol. The van der Waals surface area contributed by atoms with Crippen molar-refractivity contribution < 1.29 is 4.74 Å². The zero-order valence-electron chi connectivity index (χ0n) is 16.0. The molecule has 1 aromatic carbocycles. The smallest absolute Gasteiger partial charge is 0.193 e. The number of aromatic amines is 1. The van der Waals surface area contributed by atoms with Crippen LogP contribution in [-0.2, 0) is 11.2 Å². The summed E-state index contributed by atoms with van der Waals surface area (Å²) in [6.07, 6.45) is 4.30. The van der Waals surface area contributed by atoms with E-state index in [1.54, 1.807) is 0 Å². The van der Waals surface area contributed by atoms with Crippen LogP contribution in [0.25, 0.3) is 10.9 Å². The maximum absolute atomic E-state index is 5.57. The number of hydrogen-bond acceptors (Lipinski definition) is 2. The van der Waals surface area contributed by atoms with Gasteiger partial charge in [-0.05, 0) is 37.8 Å². The number of aromatic nitrogens is 1. The van der Waals surface area contributed by atoms with Crippen LogP contribution in [0.4, 0.5) is 0 Å². The summed E-state index contributed by atoms with van der Waals surface area (Å²) in [7, 11) is 1.87. The lowest BCUT2D eigenvalue weighted by molar-refractivity contribution is 0.114. The SMILES string of the molecule is CCOCC1CCN(C(=NC)NCCc2c[nH]c3c(C)cccc23)C1.I. The molecule has 1 aromatic heterocycles. The van der Waals surface area contributed by atoms with E-state index in [4.69, 9.17) is 4.74 Å². The molecule has 0 radical (unpaired) electrons. The van der Waals surface area contributed by atoms with Crippen LogP contribution in [0, 0.1) is 12.8 Å². The van der Waals surface area contributed by atoms with Gasteiger partial charge in [0.2, 0.25) is 0 Å². The van der Waals surface area contributed by atoms with Crippen LogP contribution >= 0.6 is 24.0 Å². The highest BCUT2D eigenvalue weighted by Crippen LogP contribution is 2.21. The average Bonchev–Trinajstić information content (AvgIpc) is 3.25. The van der Waals surface area contributed by atoms with Crippen LogP contribution in [0.3, 0.4) is 0 Å². The molecule has 1 atom stereocenters. The number of fused-ring (bicyclic) bond motifs is 1. The van der Waals surface area contributed by atoms with Crippen molar-refractivity contribution in [2.45, 2.75) is 26.7 Å². The van der Waals surface area contributed by atoms with Crippen LogP contribution in [0.2, 0.25) is 0 Å². The van der Waals surface area contributed by atoms with E-state index in [2.05, 4.69) is 58.4 Å². The number of aryl methyl sites for hydroxylation is 1. The molecule has 2 N–H and O–H groups in total. The first kappa shape index (κ1) is 21.0. The summed E-state index contributed by atoms with van der Waals surface area (Å²) in [5, 5.41) is 4.86. The fourth-order valence-electron chi connectivity index (χ4n) is 3.66. The molecule has 0 saturated carbocycles. The lowest BCUT2D eigenvalue weighted by Gasteiger charge is -2.21. The molecule has 5 nitrogen and oxygen atoms in total. The van der Waals surface area contributed by atoms with E-state index in [9.17, 15) is 0 Å². The molecular formula is C20H31IN4O. The van der Waals surface area contributed by atoms with Gasteiger partial charge in [-0.3, -0.25) is 4.99 Å². The summed E-state index contributed by atoms with van der Waals surface area (Å²) in [6.45, 7) is 8.84. The second-order valence-electron chi connectivity index (χ2n) is 6.80. The summed E-state index contributed by atoms with van der Waals surface area (Å²) in [5.41, 5.74) is 3.91. The van der Waals surface area contributed by atoms with E-state index in [0.717, 1.165) is 45.2 Å². The van der Waals surface area contributed by atoms with Crippen LogP contribution in [0.5, 0.6) is 0 Å². The number of benzene rings is 1. The predicted octanol–water partition coefficient (Wildman–Crippen LogP) is 3.57. The Hall–Kier alpha value is -1.28. The van der Waals surface area contributed by atoms with Crippen LogP contribution in [0.1, 0.15) is 24.5 Å². The molecule has 26 heavy (non-hydrogen) atoms. The molecule has 1 aliphatic heterocycles. The Bertz CT molecular complexity index is 728. The van der Waals surface area contributed by atoms with Gasteiger partial charge >= 0.3 is 0 Å². The van der Waals surface area contributed by atoms with Gasteiger partial charge in [-0.2, -0.15) is 0 Å². The summed E-state index contributed by atoms with van der Waals surface area (Å²) in [4.78, 5) is 10.2. The van der Waals surface area contributed by atoms with Crippen molar-refractivity contribution in [3.8, 4) is 0 Å². The number of para-hydroxylation sites is 1. The Morgan fingerprint density at radius 1 is 1.42 bits per heavy atom. The Morgan fingerprint density at radius 3 is 3.04 bits per heavy atom. The first-order valence-corrected chi connectivity index (χ1v) is 9.31. The largest absolute Gasteiger partial charge is 0.381 e. The van der Waals surface area contributed by atoms with Gasteiger partial charge in [-0.15, -0.1) is 24.0 Å². The fraction of sp³-hybridized carbons (Fsp3) is 0.550. The second kappa shape index (κ2) is 10.2. The van der Waals surface area contributed by atoms with E-state index in [-0.39, 0.29) is 24.0 Å². The van der Waals surface area contributed by atoms with Gasteiger partial charge in [0.05, 0.1) is 6.61 Å². The zero-order chi connectivity index (χ0) is 17.6. The number of hydrogen-bond donors (Lipinski definition) is 2. The molecule has 1 fully saturated rings. The molecule has 2 aromatic rings. The molecule has 0 bridgehead atoms. The molecule has 0 aliphatic carbocycles. The highest BCUT2D eigenvalue weighted by molar-refractivity contribution is 14.0. The fourth-order valence-corrected chi connectivity index (χ4v) is 3.66. The monoisotopic (exact) mass is 470 g/mol. The summed E-state index contributed by atoms with van der Waals surface area (Å²) in [6, 6.07) is 6.47. The van der Waals surface area contributed by atoms with Crippen molar-refractivity contribution in [3.05, 3.63) is 35.5 Å². The van der Waals surface area contributed by atoms with Gasteiger partial charge in [-0.25, -0.2) is 0 Å². The minimum atomic E-state index is 0. The van der Waals surface area contributed by atoms with Crippen LogP contribution < -0.4 is 5.32 Å². The summed E-state index contributed by atoms with van der Waals surface area (Å²) < 4.78 is 5.57. The Morgan fingerprint density at radius 2 is 2.27 bits per heavy atom. The average molecular weight is 470 g/mol. The summed E-state index contributed by atoms with van der Waals surface area (Å²) in [5.74, 6) is 1.63. The minimum Gasteiger partial charge on any atom is -0.381 e. The third-order valence-electron chi connectivity index (χ3n) is 5.04. The highest BCUT2D eigenvalue weighted by atomic mass is 127. The first-order valence-electron chi connectivity index (χ1n) is 9.31. The van der Waals surface area contributed by atoms with Crippen molar-refractivity contribution in [2.24, 2.45) is 10.9 Å². The van der Waals surface area contributed by atoms with Crippen LogP contribution in [-0.4, -0.2) is 55.7 Å². The molecule has 1 aliphatic rings. The van der Waals surface area contributed by atoms with E-state index < -0.39 is 0 Å². The van der Waals surface area contributed by atoms with E-state index in [1.165, 1.54) is 28.5 Å². The molecular weight excluding hydrogens is 439 g/mol. The highest BCUT2D eigenvalue weighted by Gasteiger charge is 2.24. The molecule has 0 spiro atoms. The Labute approximate surface area is 173 Å². The van der Waals surface area contributed by atoms with Crippen LogP contribution in [0.15, 0.2) is 29.4 Å². The normalized spacial score (nSPS) is 17.6. The molecule has 1 saturated heterocycles. The molecule has 3 rings (SSSR count). The zero-order valence-corrected chi connectivity index (χ0v) is 18.4. The van der Waals surface area contributed by atoms with Crippen molar-refractivity contribution in [1.29, 1.82) is 0 Å². The van der Waals surface area contributed by atoms with Gasteiger partial charge in [0.25, 0.3) is 0 Å². The molecule has 144 valence electrons. The third kappa shape index (κ3) is 4.91. The number of guanidine groups is 1. The number of ether oxygens (including phenoxy) is 1. The standard InChI is InChI=1S/C20H30N4O.HI/c1-4-25-14-16-9-11-24(13-16)20(21-3)22-10-8-17-12-23-19-15(2)6-5-7-18(17)19;/h5-7,12,16,23H,4,8-11,13-14H2,1-3H3,(H,21,22);1H. The lowest BCUT2D eigenvalue weighted by Crippen LogP contribution is -2.41. The van der Waals surface area contributed by atoms with Crippen molar-refractivity contribution >= 4 is 40.8 Å². The quantitative estimate of drug-likeness (QED) is 0.386. The Balaban J connectivity index is 0.00000243. The number of rotatable bonds is 6. The van der Waals surface area contributed by atoms with Gasteiger partial charge in [0.1, 0.15) is 0 Å². The van der Waals surface area contributed by atoms with Gasteiger partial charge in [-0.1, -0.05) is 18.2 Å². The van der Waals surface area contributed by atoms with Crippen molar-refractivity contribution in [1.82, 2.24) is 15.2 Å². The molecule has 0 amide bonds. The maximum atomic E-state index is 5.57. The van der Waals surface area contributed by atoms with E-state index in [0.29, 0.717) is 5.92 Å². The van der Waals surface area contributed by atoms with Gasteiger partial charge < -0.3 is 19.9 Å². The molecule has 6 heteroatoms. The van der Waals surface area contributed by atoms with Crippen molar-refractivity contribution in [2.75, 3.05) is 39.9 Å². The number of aliphatic imine (C=N–C) groups is 1. The number of H-pyrrole nitrogens is 1.